The van der Waals surface area contributed by atoms with Gasteiger partial charge in [-0.05, 0) is 55.0 Å². The Hall–Kier alpha value is -2.91. The number of carbonyl (C=O) groups excluding carboxylic acids is 1. The number of fused-ring (bicyclic) bond motifs is 1. The Morgan fingerprint density at radius 2 is 1.72 bits per heavy atom. The largest absolute Gasteiger partial charge is 1.00 e. The molecule has 0 aliphatic carbocycles. The van der Waals surface area contributed by atoms with E-state index in [0.717, 1.165) is 42.0 Å². The number of rotatable bonds is 5. The standard InChI is InChI=1S/C23H18F2N4OS.BrH/c24-17-7-3-15(4-8-17)19-14-31-23(26-19)27-21(30)13-28-12-20(29-11-1-2-22(28)29)16-5-9-18(25)10-6-16;/h3-10,12,14H,1-2,11,13H2;1H. The number of carbonyl (C=O) groups is 1. The molecule has 1 amide bonds. The zero-order valence-electron chi connectivity index (χ0n) is 16.9. The first kappa shape index (κ1) is 22.3. The lowest BCUT2D eigenvalue weighted by atomic mass is 10.1. The first-order chi connectivity index (χ1) is 15.1. The van der Waals surface area contributed by atoms with Gasteiger partial charge in [0.2, 0.25) is 0 Å². The number of benzene rings is 2. The Labute approximate surface area is 198 Å². The highest BCUT2D eigenvalue weighted by Crippen LogP contribution is 2.26. The number of nitrogens with zero attached hydrogens (tertiary/aromatic N) is 3. The Bertz CT molecular complexity index is 1250. The lowest BCUT2D eigenvalue weighted by Crippen LogP contribution is -3.00. The van der Waals surface area contributed by atoms with Crippen LogP contribution in [0.15, 0.2) is 60.1 Å². The molecule has 0 saturated carbocycles. The Morgan fingerprint density at radius 1 is 1.06 bits per heavy atom. The number of hydrogen-bond donors (Lipinski definition) is 1. The fraction of sp³-hybridized carbons (Fsp3) is 0.174. The number of anilines is 1. The molecule has 1 aliphatic heterocycles. The summed E-state index contributed by atoms with van der Waals surface area (Å²) in [6, 6.07) is 12.5. The minimum atomic E-state index is -0.301. The van der Waals surface area contributed by atoms with Crippen molar-refractivity contribution in [1.82, 2.24) is 9.55 Å². The van der Waals surface area contributed by atoms with Crippen LogP contribution in [0.2, 0.25) is 0 Å². The fourth-order valence-electron chi connectivity index (χ4n) is 3.90. The van der Waals surface area contributed by atoms with Gasteiger partial charge in [-0.15, -0.1) is 11.3 Å². The van der Waals surface area contributed by atoms with Crippen LogP contribution in [0.25, 0.3) is 22.5 Å². The molecule has 9 heteroatoms. The number of halogens is 3. The van der Waals surface area contributed by atoms with Crippen LogP contribution in [0.5, 0.6) is 0 Å². The molecule has 0 bridgehead atoms. The van der Waals surface area contributed by atoms with Gasteiger partial charge in [-0.1, -0.05) is 0 Å². The van der Waals surface area contributed by atoms with E-state index >= 15 is 0 Å². The highest BCUT2D eigenvalue weighted by atomic mass is 79.9. The highest BCUT2D eigenvalue weighted by molar-refractivity contribution is 7.14. The molecule has 0 radical (unpaired) electrons. The van der Waals surface area contributed by atoms with Gasteiger partial charge < -0.3 is 17.0 Å². The van der Waals surface area contributed by atoms with E-state index in [1.165, 1.54) is 35.6 Å². The lowest BCUT2D eigenvalue weighted by Gasteiger charge is -2.01. The average Bonchev–Trinajstić information content (AvgIpc) is 3.48. The van der Waals surface area contributed by atoms with Gasteiger partial charge in [0.05, 0.1) is 18.7 Å². The number of aromatic nitrogens is 3. The SMILES string of the molecule is O=C(C[n+]1cc(-c2ccc(F)cc2)n2c1CCC2)Nc1nc(-c2ccc(F)cc2)cs1.[Br-]. The molecule has 5 nitrogen and oxygen atoms in total. The summed E-state index contributed by atoms with van der Waals surface area (Å²) in [5.74, 6) is 0.342. The molecular weight excluding hydrogens is 498 g/mol. The van der Waals surface area contributed by atoms with Crippen molar-refractivity contribution in [3.8, 4) is 22.5 Å². The summed E-state index contributed by atoms with van der Waals surface area (Å²) >= 11 is 1.33. The molecule has 0 unspecified atom stereocenters. The molecule has 0 spiro atoms. The topological polar surface area (TPSA) is 50.8 Å². The molecule has 0 saturated heterocycles. The van der Waals surface area contributed by atoms with Gasteiger partial charge in [0.1, 0.15) is 17.8 Å². The first-order valence-corrected chi connectivity index (χ1v) is 10.8. The van der Waals surface area contributed by atoms with Gasteiger partial charge in [-0.3, -0.25) is 10.1 Å². The molecule has 32 heavy (non-hydrogen) atoms. The molecule has 1 aliphatic rings. The fourth-order valence-corrected chi connectivity index (χ4v) is 4.63. The number of imidazole rings is 1. The van der Waals surface area contributed by atoms with Gasteiger partial charge in [0, 0.05) is 16.5 Å². The maximum absolute atomic E-state index is 13.3. The third-order valence-electron chi connectivity index (χ3n) is 5.34. The Kier molecular flexibility index (Phi) is 6.48. The maximum Gasteiger partial charge on any atom is 0.268 e. The summed E-state index contributed by atoms with van der Waals surface area (Å²) in [5.41, 5.74) is 3.39. The third kappa shape index (κ3) is 4.49. The van der Waals surface area contributed by atoms with Crippen molar-refractivity contribution in [2.45, 2.75) is 25.9 Å². The van der Waals surface area contributed by atoms with E-state index in [1.54, 1.807) is 24.3 Å². The molecule has 0 fully saturated rings. The predicted molar refractivity (Wildman–Crippen MR) is 114 cm³/mol. The van der Waals surface area contributed by atoms with Crippen LogP contribution in [0.4, 0.5) is 13.9 Å². The highest BCUT2D eigenvalue weighted by Gasteiger charge is 2.29. The minimum Gasteiger partial charge on any atom is -1.00 e. The van der Waals surface area contributed by atoms with E-state index in [0.29, 0.717) is 10.8 Å². The summed E-state index contributed by atoms with van der Waals surface area (Å²) in [6.07, 6.45) is 3.85. The molecule has 5 rings (SSSR count). The molecule has 2 aromatic carbocycles. The second kappa shape index (κ2) is 9.30. The first-order valence-electron chi connectivity index (χ1n) is 9.96. The smallest absolute Gasteiger partial charge is 0.268 e. The lowest BCUT2D eigenvalue weighted by molar-refractivity contribution is -0.690. The molecule has 1 N–H and O–H groups in total. The molecule has 0 atom stereocenters. The van der Waals surface area contributed by atoms with Gasteiger partial charge in [-0.25, -0.2) is 22.9 Å². The van der Waals surface area contributed by atoms with Crippen LogP contribution in [-0.4, -0.2) is 15.5 Å². The van der Waals surface area contributed by atoms with Crippen LogP contribution in [0.1, 0.15) is 12.2 Å². The van der Waals surface area contributed by atoms with Crippen molar-refractivity contribution in [3.05, 3.63) is 77.6 Å². The number of amides is 1. The molecule has 3 heterocycles. The molecule has 4 aromatic rings. The van der Waals surface area contributed by atoms with E-state index in [1.807, 2.05) is 16.1 Å². The summed E-state index contributed by atoms with van der Waals surface area (Å²) in [6.45, 7) is 1.05. The van der Waals surface area contributed by atoms with E-state index in [2.05, 4.69) is 14.9 Å². The van der Waals surface area contributed by atoms with E-state index < -0.39 is 0 Å². The predicted octanol–water partition coefficient (Wildman–Crippen LogP) is 1.43. The van der Waals surface area contributed by atoms with Crippen LogP contribution >= 0.6 is 11.3 Å². The van der Waals surface area contributed by atoms with Crippen molar-refractivity contribution < 1.29 is 35.1 Å². The number of nitrogens with one attached hydrogen (secondary N) is 1. The van der Waals surface area contributed by atoms with Crippen LogP contribution < -0.4 is 26.9 Å². The monoisotopic (exact) mass is 516 g/mol. The van der Waals surface area contributed by atoms with Crippen molar-refractivity contribution in [2.75, 3.05) is 5.32 Å². The van der Waals surface area contributed by atoms with Gasteiger partial charge in [0.25, 0.3) is 11.7 Å². The van der Waals surface area contributed by atoms with Crippen molar-refractivity contribution in [3.63, 3.8) is 0 Å². The summed E-state index contributed by atoms with van der Waals surface area (Å²) in [5, 5.41) is 5.19. The summed E-state index contributed by atoms with van der Waals surface area (Å²) in [7, 11) is 0. The average molecular weight is 517 g/mol. The normalized spacial score (nSPS) is 12.3. The van der Waals surface area contributed by atoms with Crippen molar-refractivity contribution >= 4 is 22.4 Å². The van der Waals surface area contributed by atoms with E-state index in [4.69, 9.17) is 0 Å². The van der Waals surface area contributed by atoms with Gasteiger partial charge in [-0.2, -0.15) is 0 Å². The van der Waals surface area contributed by atoms with Crippen molar-refractivity contribution in [2.24, 2.45) is 0 Å². The van der Waals surface area contributed by atoms with Crippen LogP contribution in [-0.2, 0) is 24.3 Å². The minimum absolute atomic E-state index is 0. The zero-order chi connectivity index (χ0) is 21.4. The van der Waals surface area contributed by atoms with Crippen LogP contribution in [0.3, 0.4) is 0 Å². The van der Waals surface area contributed by atoms with E-state index in [9.17, 15) is 13.6 Å². The molecule has 2 aromatic heterocycles. The molecule has 164 valence electrons. The Morgan fingerprint density at radius 3 is 2.41 bits per heavy atom. The maximum atomic E-state index is 13.3. The van der Waals surface area contributed by atoms with Gasteiger partial charge in [0.15, 0.2) is 17.4 Å². The zero-order valence-corrected chi connectivity index (χ0v) is 19.3. The van der Waals surface area contributed by atoms with Crippen LogP contribution in [0, 0.1) is 11.6 Å². The van der Waals surface area contributed by atoms with Crippen molar-refractivity contribution in [1.29, 1.82) is 0 Å². The summed E-state index contributed by atoms with van der Waals surface area (Å²) < 4.78 is 30.6. The summed E-state index contributed by atoms with van der Waals surface area (Å²) in [4.78, 5) is 17.1. The molecular formula is C23H19BrF2N4OS. The van der Waals surface area contributed by atoms with E-state index in [-0.39, 0.29) is 41.1 Å². The quantitative estimate of drug-likeness (QED) is 0.408. The second-order valence-corrected chi connectivity index (χ2v) is 8.27. The number of hydrogen-bond acceptors (Lipinski definition) is 3. The second-order valence-electron chi connectivity index (χ2n) is 7.41. The number of thiazole rings is 1. The Balaban J connectivity index is 0.00000245. The third-order valence-corrected chi connectivity index (χ3v) is 6.10. The van der Waals surface area contributed by atoms with Gasteiger partial charge >= 0.3 is 0 Å².